The van der Waals surface area contributed by atoms with Gasteiger partial charge in [-0.25, -0.2) is 0 Å². The van der Waals surface area contributed by atoms with Gasteiger partial charge < -0.3 is 4.74 Å². The molecule has 2 aromatic carbocycles. The fourth-order valence-corrected chi connectivity index (χ4v) is 3.42. The first-order valence-corrected chi connectivity index (χ1v) is 8.28. The summed E-state index contributed by atoms with van der Waals surface area (Å²) in [6.07, 6.45) is -3.78. The van der Waals surface area contributed by atoms with E-state index in [0.29, 0.717) is 23.2 Å². The van der Waals surface area contributed by atoms with Crippen molar-refractivity contribution in [2.24, 2.45) is 0 Å². The number of thiophene rings is 1. The number of hydrogen-bond acceptors (Lipinski definition) is 3. The molecule has 3 aromatic rings. The maximum absolute atomic E-state index is 13.6. The Labute approximate surface area is 146 Å². The van der Waals surface area contributed by atoms with Crippen molar-refractivity contribution in [2.75, 3.05) is 0 Å². The molecule has 0 aliphatic rings. The van der Waals surface area contributed by atoms with Crippen molar-refractivity contribution in [3.63, 3.8) is 0 Å². The summed E-state index contributed by atoms with van der Waals surface area (Å²) >= 11 is 1.02. The summed E-state index contributed by atoms with van der Waals surface area (Å²) < 4.78 is 46.2. The van der Waals surface area contributed by atoms with Crippen LogP contribution in [0.3, 0.4) is 0 Å². The van der Waals surface area contributed by atoms with Crippen LogP contribution in [-0.2, 0) is 12.8 Å². The lowest BCUT2D eigenvalue weighted by Gasteiger charge is -2.12. The molecule has 1 aromatic heterocycles. The van der Waals surface area contributed by atoms with Crippen molar-refractivity contribution in [3.8, 4) is 16.9 Å². The van der Waals surface area contributed by atoms with E-state index in [-0.39, 0.29) is 17.0 Å². The molecule has 3 rings (SSSR count). The zero-order chi connectivity index (χ0) is 17.9. The standard InChI is InChI=1S/C19H13F3O2S/c20-19(21,22)18-16(14-4-2-1-3-5-14)12-25-17(18)11-24-15-8-6-13(10-23)7-9-15/h1-10,12H,11H2. The smallest absolute Gasteiger partial charge is 0.418 e. The highest BCUT2D eigenvalue weighted by molar-refractivity contribution is 7.10. The van der Waals surface area contributed by atoms with E-state index in [4.69, 9.17) is 4.74 Å². The second-order valence-electron chi connectivity index (χ2n) is 5.29. The van der Waals surface area contributed by atoms with Crippen LogP contribution in [0.1, 0.15) is 20.8 Å². The van der Waals surface area contributed by atoms with E-state index in [1.54, 1.807) is 54.6 Å². The van der Waals surface area contributed by atoms with Crippen molar-refractivity contribution in [1.29, 1.82) is 0 Å². The van der Waals surface area contributed by atoms with Gasteiger partial charge in [0.2, 0.25) is 0 Å². The number of ether oxygens (including phenoxy) is 1. The van der Waals surface area contributed by atoms with E-state index in [1.165, 1.54) is 5.38 Å². The fourth-order valence-electron chi connectivity index (χ4n) is 2.44. The second kappa shape index (κ2) is 7.11. The first kappa shape index (κ1) is 17.2. The number of halogens is 3. The SMILES string of the molecule is O=Cc1ccc(OCc2scc(-c3ccccc3)c2C(F)(F)F)cc1. The average Bonchev–Trinajstić information content (AvgIpc) is 3.05. The lowest BCUT2D eigenvalue weighted by atomic mass is 10.0. The molecule has 1 heterocycles. The van der Waals surface area contributed by atoms with Gasteiger partial charge in [0, 0.05) is 11.1 Å². The van der Waals surface area contributed by atoms with Crippen LogP contribution in [0.25, 0.3) is 11.1 Å². The Morgan fingerprint density at radius 1 is 1.00 bits per heavy atom. The summed E-state index contributed by atoms with van der Waals surface area (Å²) in [5.74, 6) is 0.411. The third-order valence-electron chi connectivity index (χ3n) is 3.62. The molecule has 0 atom stereocenters. The number of aldehydes is 1. The van der Waals surface area contributed by atoms with Gasteiger partial charge in [-0.1, -0.05) is 30.3 Å². The topological polar surface area (TPSA) is 26.3 Å². The van der Waals surface area contributed by atoms with Gasteiger partial charge in [0.1, 0.15) is 18.6 Å². The molecule has 0 amide bonds. The summed E-state index contributed by atoms with van der Waals surface area (Å²) in [5, 5.41) is 1.51. The highest BCUT2D eigenvalue weighted by Gasteiger charge is 2.38. The Bertz CT molecular complexity index is 853. The first-order chi connectivity index (χ1) is 12.0. The molecule has 0 radical (unpaired) electrons. The Morgan fingerprint density at radius 2 is 1.68 bits per heavy atom. The molecule has 0 spiro atoms. The average molecular weight is 362 g/mol. The molecule has 0 unspecified atom stereocenters. The molecule has 0 saturated carbocycles. The minimum Gasteiger partial charge on any atom is -0.488 e. The van der Waals surface area contributed by atoms with Gasteiger partial charge in [0.25, 0.3) is 0 Å². The van der Waals surface area contributed by atoms with Crippen molar-refractivity contribution >= 4 is 17.6 Å². The molecule has 128 valence electrons. The van der Waals surface area contributed by atoms with Gasteiger partial charge in [0.15, 0.2) is 0 Å². The van der Waals surface area contributed by atoms with Crippen LogP contribution in [0.2, 0.25) is 0 Å². The number of rotatable bonds is 5. The molecule has 6 heteroatoms. The summed E-state index contributed by atoms with van der Waals surface area (Å²) in [4.78, 5) is 10.7. The maximum Gasteiger partial charge on any atom is 0.418 e. The molecule has 0 bridgehead atoms. The van der Waals surface area contributed by atoms with Crippen LogP contribution in [0.4, 0.5) is 13.2 Å². The first-order valence-electron chi connectivity index (χ1n) is 7.40. The Balaban J connectivity index is 1.88. The lowest BCUT2D eigenvalue weighted by molar-refractivity contribution is -0.137. The van der Waals surface area contributed by atoms with Crippen LogP contribution in [0.5, 0.6) is 5.75 Å². The number of carbonyl (C=O) groups is 1. The van der Waals surface area contributed by atoms with E-state index in [1.807, 2.05) is 0 Å². The van der Waals surface area contributed by atoms with Gasteiger partial charge in [-0.05, 0) is 35.2 Å². The minimum atomic E-state index is -4.47. The van der Waals surface area contributed by atoms with Gasteiger partial charge >= 0.3 is 6.18 Å². The fraction of sp³-hybridized carbons (Fsp3) is 0.105. The van der Waals surface area contributed by atoms with Gasteiger partial charge in [-0.3, -0.25) is 4.79 Å². The third-order valence-corrected chi connectivity index (χ3v) is 4.58. The van der Waals surface area contributed by atoms with E-state index in [0.717, 1.165) is 11.3 Å². The summed E-state index contributed by atoms with van der Waals surface area (Å²) in [5.41, 5.74) is 0.500. The Hall–Kier alpha value is -2.60. The normalized spacial score (nSPS) is 11.3. The molecule has 0 aliphatic carbocycles. The summed E-state index contributed by atoms with van der Waals surface area (Å²) in [6, 6.07) is 14.7. The molecule has 0 aliphatic heterocycles. The molecule has 2 nitrogen and oxygen atoms in total. The van der Waals surface area contributed by atoms with Crippen molar-refractivity contribution in [3.05, 3.63) is 76.0 Å². The van der Waals surface area contributed by atoms with Gasteiger partial charge in [-0.15, -0.1) is 11.3 Å². The number of hydrogen-bond donors (Lipinski definition) is 0. The molecule has 0 N–H and O–H groups in total. The Morgan fingerprint density at radius 3 is 2.28 bits per heavy atom. The van der Waals surface area contributed by atoms with Crippen molar-refractivity contribution < 1.29 is 22.7 Å². The monoisotopic (exact) mass is 362 g/mol. The van der Waals surface area contributed by atoms with Crippen LogP contribution in [0.15, 0.2) is 60.0 Å². The minimum absolute atomic E-state index is 0.116. The predicted octanol–water partition coefficient (Wildman–Crippen LogP) is 5.83. The zero-order valence-electron chi connectivity index (χ0n) is 12.9. The highest BCUT2D eigenvalue weighted by atomic mass is 32.1. The Kier molecular flexibility index (Phi) is 4.90. The highest BCUT2D eigenvalue weighted by Crippen LogP contribution is 2.43. The molecule has 25 heavy (non-hydrogen) atoms. The predicted molar refractivity (Wildman–Crippen MR) is 90.9 cm³/mol. The van der Waals surface area contributed by atoms with Crippen molar-refractivity contribution in [1.82, 2.24) is 0 Å². The van der Waals surface area contributed by atoms with E-state index in [9.17, 15) is 18.0 Å². The van der Waals surface area contributed by atoms with Crippen LogP contribution in [0, 0.1) is 0 Å². The number of alkyl halides is 3. The molecule has 0 fully saturated rings. The number of benzene rings is 2. The van der Waals surface area contributed by atoms with E-state index >= 15 is 0 Å². The van der Waals surface area contributed by atoms with E-state index < -0.39 is 11.7 Å². The van der Waals surface area contributed by atoms with Gasteiger partial charge in [-0.2, -0.15) is 13.2 Å². The summed E-state index contributed by atoms with van der Waals surface area (Å²) in [7, 11) is 0. The zero-order valence-corrected chi connectivity index (χ0v) is 13.7. The van der Waals surface area contributed by atoms with Crippen LogP contribution >= 0.6 is 11.3 Å². The molecular weight excluding hydrogens is 349 g/mol. The number of carbonyl (C=O) groups excluding carboxylic acids is 1. The summed E-state index contributed by atoms with van der Waals surface area (Å²) in [6.45, 7) is -0.188. The third kappa shape index (κ3) is 3.91. The molecule has 0 saturated heterocycles. The lowest BCUT2D eigenvalue weighted by Crippen LogP contribution is -2.09. The molecular formula is C19H13F3O2S. The largest absolute Gasteiger partial charge is 0.488 e. The van der Waals surface area contributed by atoms with E-state index in [2.05, 4.69) is 0 Å². The van der Waals surface area contributed by atoms with Crippen LogP contribution in [-0.4, -0.2) is 6.29 Å². The van der Waals surface area contributed by atoms with Crippen molar-refractivity contribution in [2.45, 2.75) is 12.8 Å². The van der Waals surface area contributed by atoms with Crippen LogP contribution < -0.4 is 4.74 Å². The quantitative estimate of drug-likeness (QED) is 0.534. The second-order valence-corrected chi connectivity index (χ2v) is 6.25. The maximum atomic E-state index is 13.6. The van der Waals surface area contributed by atoms with Gasteiger partial charge in [0.05, 0.1) is 10.4 Å².